The number of anilines is 1. The van der Waals surface area contributed by atoms with Crippen LogP contribution in [0.3, 0.4) is 0 Å². The second-order valence-corrected chi connectivity index (χ2v) is 5.04. The van der Waals surface area contributed by atoms with Crippen molar-refractivity contribution in [1.29, 1.82) is 0 Å². The molecule has 0 spiro atoms. The lowest BCUT2D eigenvalue weighted by molar-refractivity contribution is -0.384. The summed E-state index contributed by atoms with van der Waals surface area (Å²) < 4.78 is 38.0. The molecule has 1 aromatic heterocycles. The Bertz CT molecular complexity index is 536. The van der Waals surface area contributed by atoms with E-state index in [0.717, 1.165) is 19.3 Å². The van der Waals surface area contributed by atoms with Crippen molar-refractivity contribution in [1.82, 2.24) is 4.98 Å². The molecule has 1 aromatic rings. The molecule has 2 unspecified atom stereocenters. The average molecular weight is 304 g/mol. The highest BCUT2D eigenvalue weighted by atomic mass is 19.4. The van der Waals surface area contributed by atoms with E-state index in [0.29, 0.717) is 18.7 Å². The second-order valence-electron chi connectivity index (χ2n) is 5.04. The fourth-order valence-electron chi connectivity index (χ4n) is 2.40. The number of pyridine rings is 1. The SMILES string of the molecule is NC1CCCCC1Nc1cc(C(F)(F)F)ncc1[N+](=O)[O-]. The van der Waals surface area contributed by atoms with Gasteiger partial charge in [-0.2, -0.15) is 13.2 Å². The van der Waals surface area contributed by atoms with Crippen molar-refractivity contribution in [3.63, 3.8) is 0 Å². The second kappa shape index (κ2) is 5.84. The molecule has 21 heavy (non-hydrogen) atoms. The number of halogens is 3. The van der Waals surface area contributed by atoms with E-state index in [1.54, 1.807) is 0 Å². The third-order valence-electron chi connectivity index (χ3n) is 3.53. The monoisotopic (exact) mass is 304 g/mol. The zero-order valence-electron chi connectivity index (χ0n) is 11.1. The highest BCUT2D eigenvalue weighted by Gasteiger charge is 2.35. The molecule has 1 fully saturated rings. The van der Waals surface area contributed by atoms with E-state index in [4.69, 9.17) is 5.73 Å². The first-order chi connectivity index (χ1) is 9.79. The molecule has 1 aliphatic carbocycles. The maximum absolute atomic E-state index is 12.7. The lowest BCUT2D eigenvalue weighted by Gasteiger charge is -2.30. The fraction of sp³-hybridized carbons (Fsp3) is 0.583. The minimum absolute atomic E-state index is 0.190. The Morgan fingerprint density at radius 2 is 2.05 bits per heavy atom. The summed E-state index contributed by atoms with van der Waals surface area (Å²) in [7, 11) is 0. The van der Waals surface area contributed by atoms with Crippen LogP contribution in [-0.4, -0.2) is 22.0 Å². The van der Waals surface area contributed by atoms with Crippen molar-refractivity contribution in [2.75, 3.05) is 5.32 Å². The molecule has 2 atom stereocenters. The predicted molar refractivity (Wildman–Crippen MR) is 69.7 cm³/mol. The summed E-state index contributed by atoms with van der Waals surface area (Å²) >= 11 is 0. The first-order valence-electron chi connectivity index (χ1n) is 6.53. The van der Waals surface area contributed by atoms with Gasteiger partial charge in [-0.25, -0.2) is 4.98 Å². The quantitative estimate of drug-likeness (QED) is 0.661. The molecule has 9 heteroatoms. The molecule has 0 saturated heterocycles. The van der Waals surface area contributed by atoms with Gasteiger partial charge in [0.2, 0.25) is 0 Å². The van der Waals surface area contributed by atoms with Crippen molar-refractivity contribution < 1.29 is 18.1 Å². The molecule has 116 valence electrons. The van der Waals surface area contributed by atoms with Gasteiger partial charge in [0.05, 0.1) is 4.92 Å². The third-order valence-corrected chi connectivity index (χ3v) is 3.53. The summed E-state index contributed by atoms with van der Waals surface area (Å²) in [5.41, 5.74) is 4.06. The maximum Gasteiger partial charge on any atom is 0.433 e. The van der Waals surface area contributed by atoms with Gasteiger partial charge in [0.1, 0.15) is 17.6 Å². The normalized spacial score (nSPS) is 22.9. The van der Waals surface area contributed by atoms with Gasteiger partial charge in [0, 0.05) is 12.1 Å². The molecule has 1 saturated carbocycles. The van der Waals surface area contributed by atoms with Gasteiger partial charge >= 0.3 is 11.9 Å². The molecule has 0 radical (unpaired) electrons. The third kappa shape index (κ3) is 3.60. The predicted octanol–water partition coefficient (Wildman–Crippen LogP) is 2.69. The van der Waals surface area contributed by atoms with Crippen molar-refractivity contribution in [3.05, 3.63) is 28.1 Å². The average Bonchev–Trinajstić information content (AvgIpc) is 2.40. The van der Waals surface area contributed by atoms with Gasteiger partial charge < -0.3 is 11.1 Å². The number of aromatic nitrogens is 1. The molecular formula is C12H15F3N4O2. The van der Waals surface area contributed by atoms with E-state index in [9.17, 15) is 23.3 Å². The Labute approximate surface area is 118 Å². The molecule has 2 rings (SSSR count). The molecule has 1 aliphatic rings. The molecule has 1 heterocycles. The molecular weight excluding hydrogens is 289 g/mol. The number of nitrogens with zero attached hydrogens (tertiary/aromatic N) is 2. The van der Waals surface area contributed by atoms with E-state index >= 15 is 0 Å². The van der Waals surface area contributed by atoms with Crippen LogP contribution in [0, 0.1) is 10.1 Å². The van der Waals surface area contributed by atoms with Crippen LogP contribution in [0.1, 0.15) is 31.4 Å². The van der Waals surface area contributed by atoms with Crippen LogP contribution < -0.4 is 11.1 Å². The summed E-state index contributed by atoms with van der Waals surface area (Å²) in [6, 6.07) is 0.154. The highest BCUT2D eigenvalue weighted by Crippen LogP contribution is 2.34. The Morgan fingerprint density at radius 1 is 1.38 bits per heavy atom. The van der Waals surface area contributed by atoms with Crippen LogP contribution in [0.4, 0.5) is 24.5 Å². The van der Waals surface area contributed by atoms with E-state index < -0.39 is 22.5 Å². The molecule has 0 amide bonds. The summed E-state index contributed by atoms with van der Waals surface area (Å²) in [4.78, 5) is 13.3. The maximum atomic E-state index is 12.7. The fourth-order valence-corrected chi connectivity index (χ4v) is 2.40. The summed E-state index contributed by atoms with van der Waals surface area (Å²) in [5.74, 6) is 0. The van der Waals surface area contributed by atoms with Crippen LogP contribution >= 0.6 is 0 Å². The van der Waals surface area contributed by atoms with E-state index in [2.05, 4.69) is 10.3 Å². The Kier molecular flexibility index (Phi) is 4.31. The largest absolute Gasteiger partial charge is 0.433 e. The van der Waals surface area contributed by atoms with Crippen molar-refractivity contribution in [2.45, 2.75) is 43.9 Å². The van der Waals surface area contributed by atoms with Crippen molar-refractivity contribution in [2.24, 2.45) is 5.73 Å². The number of nitrogens with two attached hydrogens (primary N) is 1. The zero-order chi connectivity index (χ0) is 15.6. The lowest BCUT2D eigenvalue weighted by atomic mass is 9.91. The molecule has 6 nitrogen and oxygen atoms in total. The van der Waals surface area contributed by atoms with Crippen molar-refractivity contribution in [3.8, 4) is 0 Å². The van der Waals surface area contributed by atoms with Crippen LogP contribution in [0.5, 0.6) is 0 Å². The standard InChI is InChI=1S/C12H15F3N4O2/c13-12(14,15)11-5-9(10(6-17-11)19(20)21)18-8-4-2-1-3-7(8)16/h5-8H,1-4,16H2,(H,17,18). The van der Waals surface area contributed by atoms with Gasteiger partial charge in [-0.05, 0) is 18.9 Å². The summed E-state index contributed by atoms with van der Waals surface area (Å²) in [5, 5.41) is 13.7. The van der Waals surface area contributed by atoms with Gasteiger partial charge in [-0.1, -0.05) is 12.8 Å². The smallest absolute Gasteiger partial charge is 0.375 e. The van der Waals surface area contributed by atoms with Gasteiger partial charge in [0.25, 0.3) is 0 Å². The Hall–Kier alpha value is -1.90. The summed E-state index contributed by atoms with van der Waals surface area (Å²) in [6.45, 7) is 0. The van der Waals surface area contributed by atoms with Gasteiger partial charge in [0.15, 0.2) is 0 Å². The molecule has 3 N–H and O–H groups in total. The topological polar surface area (TPSA) is 94.1 Å². The van der Waals surface area contributed by atoms with Crippen LogP contribution in [0.2, 0.25) is 0 Å². The van der Waals surface area contributed by atoms with E-state index in [-0.39, 0.29) is 17.8 Å². The van der Waals surface area contributed by atoms with E-state index in [1.165, 1.54) is 0 Å². The number of nitro groups is 1. The van der Waals surface area contributed by atoms with Crippen LogP contribution in [-0.2, 0) is 6.18 Å². The first kappa shape index (κ1) is 15.5. The lowest BCUT2D eigenvalue weighted by Crippen LogP contribution is -2.42. The highest BCUT2D eigenvalue weighted by molar-refractivity contribution is 5.61. The Balaban J connectivity index is 2.32. The van der Waals surface area contributed by atoms with Crippen LogP contribution in [0.25, 0.3) is 0 Å². The molecule has 0 aromatic carbocycles. The van der Waals surface area contributed by atoms with Gasteiger partial charge in [-0.15, -0.1) is 0 Å². The number of hydrogen-bond donors (Lipinski definition) is 2. The zero-order valence-corrected chi connectivity index (χ0v) is 11.1. The van der Waals surface area contributed by atoms with E-state index in [1.807, 2.05) is 0 Å². The molecule has 0 aliphatic heterocycles. The molecule has 0 bridgehead atoms. The number of alkyl halides is 3. The van der Waals surface area contributed by atoms with Crippen LogP contribution in [0.15, 0.2) is 12.3 Å². The van der Waals surface area contributed by atoms with Gasteiger partial charge in [-0.3, -0.25) is 10.1 Å². The van der Waals surface area contributed by atoms with Crippen molar-refractivity contribution >= 4 is 11.4 Å². The minimum atomic E-state index is -4.65. The number of rotatable bonds is 3. The Morgan fingerprint density at radius 3 is 2.62 bits per heavy atom. The summed E-state index contributed by atoms with van der Waals surface area (Å²) in [6.07, 6.45) is -0.785. The minimum Gasteiger partial charge on any atom is -0.375 e. The first-order valence-corrected chi connectivity index (χ1v) is 6.53. The number of hydrogen-bond acceptors (Lipinski definition) is 5. The number of nitrogens with one attached hydrogen (secondary N) is 1.